The maximum atomic E-state index is 14.6. The van der Waals surface area contributed by atoms with Crippen LogP contribution in [0.4, 0.5) is 28.9 Å². The Morgan fingerprint density at radius 1 is 1.02 bits per heavy atom. The molecule has 2 heterocycles. The minimum Gasteiger partial charge on any atom is -0.534 e. The second kappa shape index (κ2) is 15.5. The molecule has 274 valence electrons. The topological polar surface area (TPSA) is 250 Å². The highest BCUT2D eigenvalue weighted by Gasteiger charge is 2.42. The average molecular weight is 747 g/mol. The normalized spacial score (nSPS) is 15.7. The molecule has 1 saturated heterocycles. The van der Waals surface area contributed by atoms with Gasteiger partial charge < -0.3 is 56.3 Å². The lowest BCUT2D eigenvalue weighted by molar-refractivity contribution is -0.123. The van der Waals surface area contributed by atoms with Crippen LogP contribution in [-0.4, -0.2) is 104 Å². The summed E-state index contributed by atoms with van der Waals surface area (Å²) >= 11 is 6.14. The van der Waals surface area contributed by atoms with Crippen LogP contribution in [0.5, 0.6) is 23.0 Å². The second-order valence-electron chi connectivity index (χ2n) is 11.6. The van der Waals surface area contributed by atoms with Crippen molar-refractivity contribution in [2.75, 3.05) is 31.5 Å². The van der Waals surface area contributed by atoms with Crippen molar-refractivity contribution >= 4 is 54.4 Å². The molecule has 3 aromatic carbocycles. The van der Waals surface area contributed by atoms with Gasteiger partial charge in [-0.1, -0.05) is 17.7 Å². The molecule has 9 N–H and O–H groups in total. The van der Waals surface area contributed by atoms with Gasteiger partial charge in [-0.3, -0.25) is 4.79 Å². The number of hydrogen-bond donors (Lipinski definition) is 9. The zero-order valence-electron chi connectivity index (χ0n) is 26.7. The zero-order valence-corrected chi connectivity index (χ0v) is 27.5. The molecule has 0 saturated carbocycles. The number of carboxylic acids is 1. The van der Waals surface area contributed by atoms with Crippen molar-refractivity contribution in [3.8, 4) is 23.0 Å². The Morgan fingerprint density at radius 3 is 2.42 bits per heavy atom. The van der Waals surface area contributed by atoms with Crippen molar-refractivity contribution in [1.82, 2.24) is 25.8 Å². The summed E-state index contributed by atoms with van der Waals surface area (Å²) in [7, 11) is -1.93. The van der Waals surface area contributed by atoms with E-state index in [1.807, 2.05) is 0 Å². The predicted octanol–water partition coefficient (Wildman–Crippen LogP) is 2.27. The first kappa shape index (κ1) is 37.2. The minimum absolute atomic E-state index is 0.0274. The fraction of sp³-hybridized carbons (Fsp3) is 0.258. The highest BCUT2D eigenvalue weighted by Crippen LogP contribution is 2.40. The molecular weight excluding hydrogens is 717 g/mol. The summed E-state index contributed by atoms with van der Waals surface area (Å²) < 4.78 is 34.0. The molecule has 2 aliphatic rings. The molecule has 21 heteroatoms. The van der Waals surface area contributed by atoms with Crippen LogP contribution in [0.25, 0.3) is 0 Å². The number of carbonyl (C=O) groups is 5. The third-order valence-corrected chi connectivity index (χ3v) is 8.54. The van der Waals surface area contributed by atoms with Gasteiger partial charge in [-0.25, -0.2) is 32.9 Å². The number of carbonyl (C=O) groups excluding carboxylic acids is 4. The average Bonchev–Trinajstić information content (AvgIpc) is 3.47. The number of hydrogen-bond acceptors (Lipinski definition) is 10. The molecule has 0 radical (unpaired) electrons. The van der Waals surface area contributed by atoms with Crippen molar-refractivity contribution < 1.29 is 62.9 Å². The number of aromatic carboxylic acids is 1. The molecule has 52 heavy (non-hydrogen) atoms. The number of nitrogens with one attached hydrogen (secondary N) is 4. The van der Waals surface area contributed by atoms with E-state index < -0.39 is 94.1 Å². The predicted molar refractivity (Wildman–Crippen MR) is 177 cm³/mol. The van der Waals surface area contributed by atoms with E-state index in [4.69, 9.17) is 16.3 Å². The standard InChI is InChI=1S/C31H30BClF2N6O11/c33-22-17(13-19(35)24(43)25(22)44)23(27(45)38-20-12-14-2-7-18(34)21(28(46)47)26(14)52-32(20)51)39-30(49)41-11-10-40(31(41)50)9-1-8-36-29(48)37-15-3-5-16(42)6-4-15/h2-7,13,20,23,42-44,51H,1,8-12H2,(H,38,45)(H,39,49)(H,46,47)(H2,36,37,48)/t20-,23-/m0/s1. The van der Waals surface area contributed by atoms with E-state index in [1.54, 1.807) is 0 Å². The molecule has 0 aromatic heterocycles. The molecular formula is C31H30BClF2N6O11. The van der Waals surface area contributed by atoms with Gasteiger partial charge in [0.25, 0.3) is 0 Å². The Bertz CT molecular complexity index is 1920. The van der Waals surface area contributed by atoms with E-state index in [0.717, 1.165) is 11.0 Å². The van der Waals surface area contributed by atoms with Crippen LogP contribution in [0.1, 0.15) is 33.9 Å². The van der Waals surface area contributed by atoms with Crippen molar-refractivity contribution in [1.29, 1.82) is 0 Å². The SMILES string of the molecule is O=C(NCCCN1CCN(C(=O)N[C@H](C(=O)N[C@H]2Cc3ccc(F)c(C(=O)O)c3OB2O)c2cc(F)c(O)c(O)c2Cl)C1=O)Nc1ccc(O)cc1. The van der Waals surface area contributed by atoms with Crippen LogP contribution in [0.3, 0.4) is 0 Å². The summed E-state index contributed by atoms with van der Waals surface area (Å²) in [5.41, 5.74) is -0.866. The van der Waals surface area contributed by atoms with Crippen LogP contribution in [0.15, 0.2) is 42.5 Å². The molecule has 0 aliphatic carbocycles. The Morgan fingerprint density at radius 2 is 1.73 bits per heavy atom. The third-order valence-electron chi connectivity index (χ3n) is 8.14. The number of anilines is 1. The number of halogens is 3. The number of amides is 7. The molecule has 5 rings (SSSR count). The number of benzene rings is 3. The first-order valence-electron chi connectivity index (χ1n) is 15.5. The molecule has 1 fully saturated rings. The number of phenols is 3. The quantitative estimate of drug-likeness (QED) is 0.0630. The summed E-state index contributed by atoms with van der Waals surface area (Å²) in [5, 5.41) is 58.4. The van der Waals surface area contributed by atoms with E-state index in [0.29, 0.717) is 11.8 Å². The van der Waals surface area contributed by atoms with Gasteiger partial charge in [0.15, 0.2) is 17.3 Å². The molecule has 2 aliphatic heterocycles. The van der Waals surface area contributed by atoms with Gasteiger partial charge in [-0.15, -0.1) is 0 Å². The van der Waals surface area contributed by atoms with E-state index in [9.17, 15) is 58.2 Å². The highest BCUT2D eigenvalue weighted by atomic mass is 35.5. The molecule has 17 nitrogen and oxygen atoms in total. The summed E-state index contributed by atoms with van der Waals surface area (Å²) in [5.74, 6) is -9.57. The first-order chi connectivity index (χ1) is 24.7. The fourth-order valence-corrected chi connectivity index (χ4v) is 5.77. The maximum absolute atomic E-state index is 14.6. The first-order valence-corrected chi connectivity index (χ1v) is 15.8. The van der Waals surface area contributed by atoms with Crippen molar-refractivity contribution in [2.24, 2.45) is 0 Å². The van der Waals surface area contributed by atoms with Crippen LogP contribution >= 0.6 is 11.6 Å². The zero-order chi connectivity index (χ0) is 37.9. The van der Waals surface area contributed by atoms with Crippen LogP contribution in [0.2, 0.25) is 5.02 Å². The van der Waals surface area contributed by atoms with Gasteiger partial charge in [-0.2, -0.15) is 0 Å². The van der Waals surface area contributed by atoms with E-state index in [2.05, 4.69) is 21.3 Å². The van der Waals surface area contributed by atoms with E-state index >= 15 is 0 Å². The number of aromatic hydroxyl groups is 3. The van der Waals surface area contributed by atoms with Crippen molar-refractivity contribution in [2.45, 2.75) is 24.8 Å². The van der Waals surface area contributed by atoms with E-state index in [1.165, 1.54) is 35.2 Å². The Balaban J connectivity index is 1.25. The monoisotopic (exact) mass is 746 g/mol. The Labute approximate surface area is 297 Å². The lowest BCUT2D eigenvalue weighted by atomic mass is 9.72. The summed E-state index contributed by atoms with van der Waals surface area (Å²) in [6.07, 6.45) is -0.00824. The molecule has 3 aromatic rings. The molecule has 7 amide bonds. The number of urea groups is 3. The van der Waals surface area contributed by atoms with Crippen molar-refractivity contribution in [3.05, 3.63) is 75.8 Å². The molecule has 0 spiro atoms. The number of carboxylic acid groups (broad SMARTS) is 1. The molecule has 0 bridgehead atoms. The lowest BCUT2D eigenvalue weighted by Crippen LogP contribution is -2.56. The number of fused-ring (bicyclic) bond motifs is 1. The summed E-state index contributed by atoms with van der Waals surface area (Å²) in [6.45, 7) is 0.182. The summed E-state index contributed by atoms with van der Waals surface area (Å²) in [4.78, 5) is 65.9. The van der Waals surface area contributed by atoms with Crippen LogP contribution in [0, 0.1) is 11.6 Å². The van der Waals surface area contributed by atoms with Crippen LogP contribution in [-0.2, 0) is 11.2 Å². The van der Waals surface area contributed by atoms with Gasteiger partial charge in [-0.05, 0) is 54.8 Å². The fourth-order valence-electron chi connectivity index (χ4n) is 5.51. The lowest BCUT2D eigenvalue weighted by Gasteiger charge is -2.31. The van der Waals surface area contributed by atoms with Gasteiger partial charge in [0, 0.05) is 37.4 Å². The number of nitrogens with zero attached hydrogens (tertiary/aromatic N) is 2. The Kier molecular flexibility index (Phi) is 11.1. The largest absolute Gasteiger partial charge is 0.547 e. The van der Waals surface area contributed by atoms with Gasteiger partial charge >= 0.3 is 31.2 Å². The third kappa shape index (κ3) is 7.97. The van der Waals surface area contributed by atoms with Gasteiger partial charge in [0.2, 0.25) is 5.91 Å². The second-order valence-corrected chi connectivity index (χ2v) is 12.0. The highest BCUT2D eigenvalue weighted by molar-refractivity contribution is 6.47. The molecule has 2 atom stereocenters. The number of phenolic OH excluding ortho intramolecular Hbond substituents is 3. The van der Waals surface area contributed by atoms with Crippen LogP contribution < -0.4 is 25.9 Å². The maximum Gasteiger partial charge on any atom is 0.547 e. The number of imide groups is 1. The number of rotatable bonds is 10. The van der Waals surface area contributed by atoms with Gasteiger partial charge in [0.1, 0.15) is 28.9 Å². The van der Waals surface area contributed by atoms with Crippen molar-refractivity contribution in [3.63, 3.8) is 0 Å². The smallest absolute Gasteiger partial charge is 0.534 e. The minimum atomic E-state index is -1.96. The summed E-state index contributed by atoms with van der Waals surface area (Å²) in [6, 6.07) is 3.97. The molecule has 0 unspecified atom stereocenters. The Hall–Kier alpha value is -6.02. The van der Waals surface area contributed by atoms with E-state index in [-0.39, 0.29) is 50.3 Å². The van der Waals surface area contributed by atoms with Gasteiger partial charge in [0.05, 0.1) is 11.0 Å².